The molecule has 8 heteroatoms. The van der Waals surface area contributed by atoms with Crippen molar-refractivity contribution in [1.82, 2.24) is 15.0 Å². The first-order valence-corrected chi connectivity index (χ1v) is 6.86. The van der Waals surface area contributed by atoms with Crippen molar-refractivity contribution in [1.29, 1.82) is 0 Å². The Morgan fingerprint density at radius 1 is 1.41 bits per heavy atom. The highest BCUT2D eigenvalue weighted by Gasteiger charge is 2.19. The molecule has 1 heterocycles. The van der Waals surface area contributed by atoms with E-state index in [-0.39, 0.29) is 24.9 Å². The molecule has 1 aromatic carbocycles. The molecule has 6 nitrogen and oxygen atoms in total. The predicted octanol–water partition coefficient (Wildman–Crippen LogP) is 3.28. The van der Waals surface area contributed by atoms with Crippen LogP contribution in [0.3, 0.4) is 0 Å². The molecule has 0 amide bonds. The maximum absolute atomic E-state index is 10.6. The van der Waals surface area contributed by atoms with Gasteiger partial charge in [0.05, 0.1) is 12.5 Å². The lowest BCUT2D eigenvalue weighted by Gasteiger charge is -2.20. The Morgan fingerprint density at radius 3 is 2.64 bits per heavy atom. The third kappa shape index (κ3) is 4.69. The molecule has 1 unspecified atom stereocenters. The first-order chi connectivity index (χ1) is 9.97. The summed E-state index contributed by atoms with van der Waals surface area (Å²) in [6.07, 6.45) is 0.0685. The molecule has 1 N–H and O–H groups in total. The number of benzene rings is 1. The number of hydrogen-bond acceptors (Lipinski definition) is 5. The third-order valence-electron chi connectivity index (χ3n) is 3.24. The molecule has 0 fully saturated rings. The standard InChI is InChI=1S/C14H16ClN3O3.ClH/c1-9(18(2)8-7-12(19)20)14-16-13(17-21-14)10-3-5-11(15)6-4-10;/h3-6,9H,7-8H2,1-2H3,(H,19,20);1H. The van der Waals surface area contributed by atoms with Gasteiger partial charge in [-0.1, -0.05) is 16.8 Å². The first kappa shape index (κ1) is 18.4. The number of nitrogens with zero attached hydrogens (tertiary/aromatic N) is 3. The zero-order valence-electron chi connectivity index (χ0n) is 12.2. The van der Waals surface area contributed by atoms with Crippen molar-refractivity contribution in [3.8, 4) is 11.4 Å². The van der Waals surface area contributed by atoms with Crippen molar-refractivity contribution in [2.24, 2.45) is 0 Å². The molecule has 0 spiro atoms. The van der Waals surface area contributed by atoms with E-state index in [4.69, 9.17) is 21.2 Å². The normalized spacial score (nSPS) is 12.0. The van der Waals surface area contributed by atoms with E-state index in [2.05, 4.69) is 10.1 Å². The Hall–Kier alpha value is -1.63. The minimum absolute atomic E-state index is 0. The lowest BCUT2D eigenvalue weighted by atomic mass is 10.2. The molecule has 0 saturated carbocycles. The smallest absolute Gasteiger partial charge is 0.304 e. The molecular weight excluding hydrogens is 329 g/mol. The third-order valence-corrected chi connectivity index (χ3v) is 3.49. The molecular formula is C14H17Cl2N3O3. The van der Waals surface area contributed by atoms with Gasteiger partial charge in [0.15, 0.2) is 0 Å². The largest absolute Gasteiger partial charge is 0.481 e. The highest BCUT2D eigenvalue weighted by Crippen LogP contribution is 2.22. The Bertz CT molecular complexity index is 616. The van der Waals surface area contributed by atoms with E-state index >= 15 is 0 Å². The van der Waals surface area contributed by atoms with E-state index in [1.807, 2.05) is 31.0 Å². The number of hydrogen-bond donors (Lipinski definition) is 1. The summed E-state index contributed by atoms with van der Waals surface area (Å²) >= 11 is 5.84. The summed E-state index contributed by atoms with van der Waals surface area (Å²) < 4.78 is 5.26. The summed E-state index contributed by atoms with van der Waals surface area (Å²) in [6.45, 7) is 2.30. The summed E-state index contributed by atoms with van der Waals surface area (Å²) in [7, 11) is 1.82. The van der Waals surface area contributed by atoms with Gasteiger partial charge in [0.25, 0.3) is 0 Å². The average Bonchev–Trinajstić information content (AvgIpc) is 2.94. The Labute approximate surface area is 139 Å². The van der Waals surface area contributed by atoms with Crippen LogP contribution in [0, 0.1) is 0 Å². The second kappa shape index (κ2) is 8.12. The fourth-order valence-electron chi connectivity index (χ4n) is 1.78. The molecule has 120 valence electrons. The molecule has 22 heavy (non-hydrogen) atoms. The molecule has 0 saturated heterocycles. The highest BCUT2D eigenvalue weighted by molar-refractivity contribution is 6.30. The Morgan fingerprint density at radius 2 is 2.05 bits per heavy atom. The predicted molar refractivity (Wildman–Crippen MR) is 85.3 cm³/mol. The number of carbonyl (C=O) groups is 1. The quantitative estimate of drug-likeness (QED) is 0.865. The van der Waals surface area contributed by atoms with Crippen molar-refractivity contribution >= 4 is 30.0 Å². The van der Waals surface area contributed by atoms with Crippen molar-refractivity contribution in [3.05, 3.63) is 35.2 Å². The van der Waals surface area contributed by atoms with Gasteiger partial charge in [-0.05, 0) is 38.2 Å². The van der Waals surface area contributed by atoms with E-state index < -0.39 is 5.97 Å². The van der Waals surface area contributed by atoms with E-state index in [1.165, 1.54) is 0 Å². The second-order valence-corrected chi connectivity index (χ2v) is 5.20. The van der Waals surface area contributed by atoms with E-state index in [1.54, 1.807) is 12.1 Å². The Kier molecular flexibility index (Phi) is 6.80. The maximum atomic E-state index is 10.6. The summed E-state index contributed by atoms with van der Waals surface area (Å²) in [5.41, 5.74) is 0.815. The SMILES string of the molecule is CC(c1nc(-c2ccc(Cl)cc2)no1)N(C)CCC(=O)O.Cl. The van der Waals surface area contributed by atoms with Crippen LogP contribution in [0.25, 0.3) is 11.4 Å². The van der Waals surface area contributed by atoms with Crippen LogP contribution in [-0.2, 0) is 4.79 Å². The summed E-state index contributed by atoms with van der Waals surface area (Å²) in [5.74, 6) is 0.106. The molecule has 1 aromatic heterocycles. The first-order valence-electron chi connectivity index (χ1n) is 6.49. The second-order valence-electron chi connectivity index (χ2n) is 4.76. The van der Waals surface area contributed by atoms with Crippen LogP contribution < -0.4 is 0 Å². The fraction of sp³-hybridized carbons (Fsp3) is 0.357. The van der Waals surface area contributed by atoms with Crippen LogP contribution in [0.2, 0.25) is 5.02 Å². The number of rotatable bonds is 6. The fourth-order valence-corrected chi connectivity index (χ4v) is 1.90. The van der Waals surface area contributed by atoms with Crippen molar-refractivity contribution < 1.29 is 14.4 Å². The van der Waals surface area contributed by atoms with Gasteiger partial charge in [0, 0.05) is 17.1 Å². The van der Waals surface area contributed by atoms with Gasteiger partial charge in [0.2, 0.25) is 11.7 Å². The minimum Gasteiger partial charge on any atom is -0.481 e. The summed E-state index contributed by atoms with van der Waals surface area (Å²) in [5, 5.41) is 13.3. The lowest BCUT2D eigenvalue weighted by molar-refractivity contribution is -0.137. The summed E-state index contributed by atoms with van der Waals surface area (Å²) in [4.78, 5) is 16.8. The lowest BCUT2D eigenvalue weighted by Crippen LogP contribution is -2.25. The van der Waals surface area contributed by atoms with Crippen LogP contribution in [0.1, 0.15) is 25.3 Å². The van der Waals surface area contributed by atoms with Gasteiger partial charge in [0.1, 0.15) is 0 Å². The number of carboxylic acids is 1. The van der Waals surface area contributed by atoms with Gasteiger partial charge in [-0.2, -0.15) is 4.98 Å². The zero-order chi connectivity index (χ0) is 15.4. The van der Waals surface area contributed by atoms with Gasteiger partial charge in [-0.3, -0.25) is 9.69 Å². The molecule has 2 rings (SSSR count). The molecule has 0 bridgehead atoms. The number of aromatic nitrogens is 2. The van der Waals surface area contributed by atoms with Gasteiger partial charge in [-0.25, -0.2) is 0 Å². The van der Waals surface area contributed by atoms with Crippen LogP contribution in [0.5, 0.6) is 0 Å². The van der Waals surface area contributed by atoms with Crippen molar-refractivity contribution in [3.63, 3.8) is 0 Å². The minimum atomic E-state index is -0.832. The number of carboxylic acid groups (broad SMARTS) is 1. The monoisotopic (exact) mass is 345 g/mol. The van der Waals surface area contributed by atoms with Gasteiger partial charge >= 0.3 is 5.97 Å². The number of halogens is 2. The molecule has 0 aliphatic rings. The van der Waals surface area contributed by atoms with Crippen molar-refractivity contribution in [2.45, 2.75) is 19.4 Å². The van der Waals surface area contributed by atoms with Gasteiger partial charge in [-0.15, -0.1) is 12.4 Å². The van der Waals surface area contributed by atoms with Crippen LogP contribution in [0.4, 0.5) is 0 Å². The van der Waals surface area contributed by atoms with E-state index in [0.29, 0.717) is 23.3 Å². The molecule has 0 aliphatic carbocycles. The van der Waals surface area contributed by atoms with E-state index in [0.717, 1.165) is 5.56 Å². The summed E-state index contributed by atoms with van der Waals surface area (Å²) in [6, 6.07) is 6.99. The highest BCUT2D eigenvalue weighted by atomic mass is 35.5. The molecule has 0 aliphatic heterocycles. The van der Waals surface area contributed by atoms with Crippen LogP contribution >= 0.6 is 24.0 Å². The number of aliphatic carboxylic acids is 1. The van der Waals surface area contributed by atoms with Crippen LogP contribution in [0.15, 0.2) is 28.8 Å². The molecule has 1 atom stereocenters. The zero-order valence-corrected chi connectivity index (χ0v) is 13.8. The molecule has 0 radical (unpaired) electrons. The maximum Gasteiger partial charge on any atom is 0.304 e. The molecule has 2 aromatic rings. The Balaban J connectivity index is 0.00000242. The average molecular weight is 346 g/mol. The van der Waals surface area contributed by atoms with E-state index in [9.17, 15) is 4.79 Å². The van der Waals surface area contributed by atoms with Gasteiger partial charge < -0.3 is 9.63 Å². The van der Waals surface area contributed by atoms with Crippen molar-refractivity contribution in [2.75, 3.05) is 13.6 Å². The topological polar surface area (TPSA) is 79.5 Å². The van der Waals surface area contributed by atoms with Crippen LogP contribution in [-0.4, -0.2) is 39.7 Å².